The summed E-state index contributed by atoms with van der Waals surface area (Å²) >= 11 is 1.92. The van der Waals surface area contributed by atoms with Gasteiger partial charge in [-0.15, -0.1) is 0 Å². The average molecular weight is 802 g/mol. The number of anilines is 3. The van der Waals surface area contributed by atoms with Crippen LogP contribution in [0.1, 0.15) is 0 Å². The summed E-state index contributed by atoms with van der Waals surface area (Å²) in [6.07, 6.45) is 0. The van der Waals surface area contributed by atoms with Crippen LogP contribution in [0.25, 0.3) is 44.2 Å². The molecule has 5 heteroatoms. The fraction of sp³-hybridized carbons (Fsp3) is 0. The Balaban J connectivity index is 1.10. The van der Waals surface area contributed by atoms with E-state index in [1.54, 1.807) is 0 Å². The molecule has 0 saturated carbocycles. The molecule has 2 aliphatic rings. The minimum Gasteiger partial charge on any atom is -0.456 e. The highest BCUT2D eigenvalue weighted by molar-refractivity contribution is 8.00. The van der Waals surface area contributed by atoms with E-state index in [0.29, 0.717) is 9.52 Å². The van der Waals surface area contributed by atoms with Gasteiger partial charge in [0.2, 0.25) is 0 Å². The number of para-hydroxylation sites is 1. The van der Waals surface area contributed by atoms with E-state index in [1.165, 1.54) is 68.9 Å². The van der Waals surface area contributed by atoms with Gasteiger partial charge in [-0.3, -0.25) is 0 Å². The van der Waals surface area contributed by atoms with Gasteiger partial charge >= 0.3 is 0 Å². The Labute approximate surface area is 351 Å². The van der Waals surface area contributed by atoms with Crippen molar-refractivity contribution >= 4 is 99.5 Å². The number of fused-ring (bicyclic) bond motifs is 11. The predicted octanol–water partition coefficient (Wildman–Crippen LogP) is 10.2. The minimum atomic E-state index is -2.75. The summed E-state index contributed by atoms with van der Waals surface area (Å²) < 4.78 is 6.55. The number of hydrogen-bond acceptors (Lipinski definition) is 3. The van der Waals surface area contributed by atoms with Gasteiger partial charge < -0.3 is 9.32 Å². The molecule has 276 valence electrons. The first-order valence-corrected chi connectivity index (χ1v) is 23.9. The predicted molar refractivity (Wildman–Crippen MR) is 252 cm³/mol. The van der Waals surface area contributed by atoms with Gasteiger partial charge in [0.15, 0.2) is 8.07 Å². The van der Waals surface area contributed by atoms with Crippen LogP contribution < -0.4 is 36.0 Å². The SMILES string of the molecule is c1ccc(-c2ccccc2-c2ccc(N(c3ccc4c(c3)oc3ccccc34)c3cccc4c3[Si]c3ccccc3[Si]43c4ccccc4Sc4ccccc43)cc2)cc1. The van der Waals surface area contributed by atoms with Gasteiger partial charge in [0.05, 0.1) is 0 Å². The third kappa shape index (κ3) is 5.32. The smallest absolute Gasteiger partial charge is 0.181 e. The van der Waals surface area contributed by atoms with Gasteiger partial charge in [0.1, 0.15) is 20.7 Å². The van der Waals surface area contributed by atoms with Crippen LogP contribution in [0.2, 0.25) is 0 Å². The molecule has 2 aliphatic heterocycles. The monoisotopic (exact) mass is 801 g/mol. The molecule has 1 spiro atoms. The summed E-state index contributed by atoms with van der Waals surface area (Å²) in [7, 11) is -2.26. The number of benzene rings is 9. The topological polar surface area (TPSA) is 16.4 Å². The van der Waals surface area contributed by atoms with E-state index in [4.69, 9.17) is 4.42 Å². The van der Waals surface area contributed by atoms with E-state index in [1.807, 2.05) is 17.8 Å². The summed E-state index contributed by atoms with van der Waals surface area (Å²) in [5, 5.41) is 11.1. The Hall–Kier alpha value is -6.64. The molecule has 0 N–H and O–H groups in total. The quantitative estimate of drug-likeness (QED) is 0.161. The molecule has 0 atom stereocenters. The number of nitrogens with zero attached hydrogens (tertiary/aromatic N) is 1. The number of furan rings is 1. The summed E-state index contributed by atoms with van der Waals surface area (Å²) in [4.78, 5) is 5.22. The average Bonchev–Trinajstić information content (AvgIpc) is 3.68. The highest BCUT2D eigenvalue weighted by Gasteiger charge is 2.51. The van der Waals surface area contributed by atoms with Crippen molar-refractivity contribution in [2.45, 2.75) is 9.79 Å². The molecule has 2 radical (unpaired) electrons. The molecular weight excluding hydrogens is 767 g/mol. The number of rotatable bonds is 5. The Kier molecular flexibility index (Phi) is 8.02. The maximum absolute atomic E-state index is 6.55. The molecule has 3 heterocycles. The van der Waals surface area contributed by atoms with Crippen LogP contribution in [-0.2, 0) is 0 Å². The Bertz CT molecular complexity index is 3180. The van der Waals surface area contributed by atoms with E-state index in [2.05, 4.69) is 211 Å². The highest BCUT2D eigenvalue weighted by Crippen LogP contribution is 2.40. The Morgan fingerprint density at radius 1 is 0.424 bits per heavy atom. The number of hydrogen-bond donors (Lipinski definition) is 0. The maximum Gasteiger partial charge on any atom is 0.181 e. The first kappa shape index (κ1) is 34.4. The van der Waals surface area contributed by atoms with Crippen LogP contribution in [-0.4, -0.2) is 17.6 Å². The third-order valence-electron chi connectivity index (χ3n) is 12.1. The van der Waals surface area contributed by atoms with Crippen molar-refractivity contribution in [2.24, 2.45) is 0 Å². The van der Waals surface area contributed by atoms with Gasteiger partial charge in [0.25, 0.3) is 0 Å². The molecule has 1 aromatic heterocycles. The summed E-state index contributed by atoms with van der Waals surface area (Å²) in [5.74, 6) is 0. The lowest BCUT2D eigenvalue weighted by Gasteiger charge is -2.45. The molecule has 9 aromatic carbocycles. The minimum absolute atomic E-state index is 0.492. The van der Waals surface area contributed by atoms with E-state index in [0.717, 1.165) is 33.3 Å². The zero-order chi connectivity index (χ0) is 38.9. The molecule has 0 saturated heterocycles. The summed E-state index contributed by atoms with van der Waals surface area (Å²) in [6.45, 7) is 0. The molecular formula is C54H35NOSSi2. The second-order valence-electron chi connectivity index (χ2n) is 15.3. The first-order chi connectivity index (χ1) is 29.3. The first-order valence-electron chi connectivity index (χ1n) is 20.1. The zero-order valence-corrected chi connectivity index (χ0v) is 34.8. The second kappa shape index (κ2) is 13.7. The molecule has 12 rings (SSSR count). The van der Waals surface area contributed by atoms with Crippen molar-refractivity contribution in [3.63, 3.8) is 0 Å². The van der Waals surface area contributed by atoms with Crippen LogP contribution in [0, 0.1) is 0 Å². The van der Waals surface area contributed by atoms with Crippen molar-refractivity contribution in [3.05, 3.63) is 212 Å². The fourth-order valence-electron chi connectivity index (χ4n) is 9.62. The van der Waals surface area contributed by atoms with E-state index >= 15 is 0 Å². The van der Waals surface area contributed by atoms with E-state index < -0.39 is 8.07 Å². The molecule has 0 unspecified atom stereocenters. The largest absolute Gasteiger partial charge is 0.456 e. The lowest BCUT2D eigenvalue weighted by atomic mass is 9.94. The van der Waals surface area contributed by atoms with Crippen molar-refractivity contribution in [1.82, 2.24) is 0 Å². The van der Waals surface area contributed by atoms with Gasteiger partial charge in [-0.05, 0) is 96.7 Å². The third-order valence-corrected chi connectivity index (χ3v) is 20.6. The Morgan fingerprint density at radius 2 is 1.00 bits per heavy atom. The van der Waals surface area contributed by atoms with Gasteiger partial charge in [-0.1, -0.05) is 175 Å². The van der Waals surface area contributed by atoms with E-state index in [-0.39, 0.29) is 0 Å². The van der Waals surface area contributed by atoms with Gasteiger partial charge in [-0.2, -0.15) is 0 Å². The standard InChI is InChI=1S/C54H35NOSSi2/c1-2-15-36(16-3-1)40-17-4-5-18-41(40)37-29-31-38(32-30-37)55(39-33-34-43-42-19-6-7-21-45(42)56-46(43)35-39)44-20-14-28-53-54(44)58-49-24-10-13-27-52(49)59(53)50-25-11-8-22-47(50)57-48-23-9-12-26-51(48)59/h1-35H. The lowest BCUT2D eigenvalue weighted by molar-refractivity contribution is 0.669. The molecule has 10 aromatic rings. The summed E-state index contributed by atoms with van der Waals surface area (Å²) in [5.41, 5.74) is 10.0. The molecule has 2 nitrogen and oxygen atoms in total. The van der Waals surface area contributed by atoms with Crippen LogP contribution >= 0.6 is 11.8 Å². The van der Waals surface area contributed by atoms with Crippen LogP contribution in [0.15, 0.2) is 227 Å². The zero-order valence-electron chi connectivity index (χ0n) is 32.0. The Morgan fingerprint density at radius 3 is 1.76 bits per heavy atom. The molecule has 0 bridgehead atoms. The second-order valence-corrected chi connectivity index (χ2v) is 21.3. The van der Waals surface area contributed by atoms with Crippen molar-refractivity contribution in [2.75, 3.05) is 4.90 Å². The summed E-state index contributed by atoms with van der Waals surface area (Å²) in [6, 6.07) is 78.5. The van der Waals surface area contributed by atoms with E-state index in [9.17, 15) is 0 Å². The lowest BCUT2D eigenvalue weighted by Crippen LogP contribution is -2.84. The highest BCUT2D eigenvalue weighted by atomic mass is 32.2. The van der Waals surface area contributed by atoms with Crippen molar-refractivity contribution < 1.29 is 4.42 Å². The fourth-order valence-corrected chi connectivity index (χ4v) is 19.5. The van der Waals surface area contributed by atoms with Gasteiger partial charge in [0, 0.05) is 43.7 Å². The molecule has 59 heavy (non-hydrogen) atoms. The molecule has 0 amide bonds. The normalized spacial score (nSPS) is 13.4. The van der Waals surface area contributed by atoms with Crippen molar-refractivity contribution in [3.8, 4) is 22.3 Å². The van der Waals surface area contributed by atoms with Crippen LogP contribution in [0.3, 0.4) is 0 Å². The van der Waals surface area contributed by atoms with Crippen LogP contribution in [0.4, 0.5) is 17.1 Å². The van der Waals surface area contributed by atoms with Gasteiger partial charge in [-0.25, -0.2) is 0 Å². The molecule has 0 aliphatic carbocycles. The van der Waals surface area contributed by atoms with Crippen molar-refractivity contribution in [1.29, 1.82) is 0 Å². The molecule has 0 fully saturated rings. The maximum atomic E-state index is 6.55. The van der Waals surface area contributed by atoms with Crippen LogP contribution in [0.5, 0.6) is 0 Å².